The first-order valence-electron chi connectivity index (χ1n) is 13.0. The van der Waals surface area contributed by atoms with Crippen molar-refractivity contribution < 1.29 is 14.6 Å². The number of carbonyl (C=O) groups is 1. The molecule has 0 radical (unpaired) electrons. The van der Waals surface area contributed by atoms with Crippen molar-refractivity contribution in [1.82, 2.24) is 14.9 Å². The fourth-order valence-electron chi connectivity index (χ4n) is 5.32. The van der Waals surface area contributed by atoms with Crippen LogP contribution in [0, 0.1) is 13.8 Å². The molecule has 2 aliphatic rings. The maximum absolute atomic E-state index is 10.9. The molecule has 8 nitrogen and oxygen atoms in total. The first-order valence-corrected chi connectivity index (χ1v) is 14.1. The third-order valence-corrected chi connectivity index (χ3v) is 9.04. The molecule has 0 bridgehead atoms. The van der Waals surface area contributed by atoms with Gasteiger partial charge < -0.3 is 20.6 Å². The number of ether oxygens (including phenoxy) is 1. The lowest BCUT2D eigenvalue weighted by atomic mass is 9.84. The summed E-state index contributed by atoms with van der Waals surface area (Å²) >= 11 is 7.95. The van der Waals surface area contributed by atoms with Crippen LogP contribution in [0.15, 0.2) is 36.2 Å². The first-order chi connectivity index (χ1) is 17.7. The maximum atomic E-state index is 10.9. The highest BCUT2D eigenvalue weighted by Crippen LogP contribution is 2.38. The molecule has 1 aliphatic heterocycles. The summed E-state index contributed by atoms with van der Waals surface area (Å²) < 4.78 is 6.23. The molecular weight excluding hydrogens is 510 g/mol. The average molecular weight is 548 g/mol. The van der Waals surface area contributed by atoms with Crippen LogP contribution in [-0.4, -0.2) is 63.9 Å². The second-order valence-electron chi connectivity index (χ2n) is 10.2. The molecule has 1 aliphatic carbocycles. The topological polar surface area (TPSA) is 118 Å². The molecular formula is C27H38ClN5O3S. The Bertz CT molecular complexity index is 1060. The van der Waals surface area contributed by atoms with Gasteiger partial charge in [0.1, 0.15) is 6.10 Å². The number of benzene rings is 1. The molecule has 1 aromatic heterocycles. The van der Waals surface area contributed by atoms with E-state index in [1.807, 2.05) is 23.5 Å². The molecule has 4 rings (SSSR count). The van der Waals surface area contributed by atoms with Crippen molar-refractivity contribution in [2.75, 3.05) is 19.7 Å². The van der Waals surface area contributed by atoms with Crippen LogP contribution < -0.4 is 11.6 Å². The van der Waals surface area contributed by atoms with E-state index in [9.17, 15) is 4.79 Å². The summed E-state index contributed by atoms with van der Waals surface area (Å²) in [6.45, 7) is 5.67. The number of halogens is 1. The Morgan fingerprint density at radius 2 is 1.97 bits per heavy atom. The average Bonchev–Trinajstić information content (AvgIpc) is 3.22. The summed E-state index contributed by atoms with van der Waals surface area (Å²) in [6.07, 6.45) is 6.61. The molecule has 1 aromatic carbocycles. The number of rotatable bonds is 9. The number of carboxylic acid groups (broad SMARTS) is 1. The molecule has 0 amide bonds. The minimum absolute atomic E-state index is 0.0531. The van der Waals surface area contributed by atoms with Gasteiger partial charge in [0.2, 0.25) is 0 Å². The Kier molecular flexibility index (Phi) is 9.47. The van der Waals surface area contributed by atoms with Crippen molar-refractivity contribution in [1.29, 1.82) is 0 Å². The Morgan fingerprint density at radius 3 is 2.59 bits per heavy atom. The van der Waals surface area contributed by atoms with Gasteiger partial charge in [0, 0.05) is 47.2 Å². The Labute approximate surface area is 228 Å². The molecule has 2 unspecified atom stereocenters. The van der Waals surface area contributed by atoms with E-state index < -0.39 is 5.97 Å². The van der Waals surface area contributed by atoms with Crippen LogP contribution in [0.2, 0.25) is 5.02 Å². The van der Waals surface area contributed by atoms with Gasteiger partial charge in [0.25, 0.3) is 0 Å². The molecule has 37 heavy (non-hydrogen) atoms. The van der Waals surface area contributed by atoms with Gasteiger partial charge in [0.15, 0.2) is 0 Å². The number of hydrogen-bond donors (Lipinski definition) is 3. The number of thiazole rings is 1. The smallest absolute Gasteiger partial charge is 0.305 e. The molecule has 202 valence electrons. The van der Waals surface area contributed by atoms with Gasteiger partial charge in [0.05, 0.1) is 29.4 Å². The number of hydrogen-bond acceptors (Lipinski definition) is 8. The summed E-state index contributed by atoms with van der Waals surface area (Å²) in [6, 6.07) is 8.71. The number of hydrazine groups is 1. The monoisotopic (exact) mass is 547 g/mol. The molecule has 5 N–H and O–H groups in total. The maximum Gasteiger partial charge on any atom is 0.305 e. The molecule has 2 atom stereocenters. The zero-order valence-corrected chi connectivity index (χ0v) is 23.2. The zero-order valence-electron chi connectivity index (χ0n) is 21.6. The number of aryl methyl sites for hydroxylation is 2. The first kappa shape index (κ1) is 27.9. The van der Waals surface area contributed by atoms with Gasteiger partial charge in [-0.1, -0.05) is 23.7 Å². The van der Waals surface area contributed by atoms with Gasteiger partial charge in [-0.25, -0.2) is 10.8 Å². The normalized spacial score (nSPS) is 25.2. The van der Waals surface area contributed by atoms with Gasteiger partial charge >= 0.3 is 5.97 Å². The van der Waals surface area contributed by atoms with Gasteiger partial charge in [-0.3, -0.25) is 9.69 Å². The minimum Gasteiger partial charge on any atom is -0.481 e. The van der Waals surface area contributed by atoms with Crippen LogP contribution in [-0.2, 0) is 16.0 Å². The Morgan fingerprint density at radius 1 is 1.27 bits per heavy atom. The number of aliphatic carboxylic acids is 1. The second-order valence-corrected chi connectivity index (χ2v) is 11.9. The van der Waals surface area contributed by atoms with Crippen LogP contribution in [0.25, 0.3) is 0 Å². The lowest BCUT2D eigenvalue weighted by Gasteiger charge is -2.46. The van der Waals surface area contributed by atoms with Crippen LogP contribution in [0.3, 0.4) is 0 Å². The van der Waals surface area contributed by atoms with Crippen LogP contribution in [0.1, 0.15) is 59.2 Å². The van der Waals surface area contributed by atoms with E-state index in [1.54, 1.807) is 6.20 Å². The highest BCUT2D eigenvalue weighted by molar-refractivity contribution is 7.11. The summed E-state index contributed by atoms with van der Waals surface area (Å²) in [5, 5.41) is 12.3. The molecule has 10 heteroatoms. The van der Waals surface area contributed by atoms with Crippen molar-refractivity contribution in [2.24, 2.45) is 11.6 Å². The van der Waals surface area contributed by atoms with Gasteiger partial charge in [-0.05, 0) is 63.6 Å². The lowest BCUT2D eigenvalue weighted by Crippen LogP contribution is -2.56. The van der Waals surface area contributed by atoms with Gasteiger partial charge in [-0.15, -0.1) is 11.3 Å². The number of aromatic nitrogens is 1. The van der Waals surface area contributed by atoms with E-state index in [1.165, 1.54) is 20.5 Å². The van der Waals surface area contributed by atoms with Crippen molar-refractivity contribution in [3.8, 4) is 0 Å². The summed E-state index contributed by atoms with van der Waals surface area (Å²) in [5.74, 6) is 5.60. The molecule has 2 aromatic rings. The second kappa shape index (κ2) is 12.6. The van der Waals surface area contributed by atoms with E-state index in [2.05, 4.69) is 30.9 Å². The quantitative estimate of drug-likeness (QED) is 0.316. The van der Waals surface area contributed by atoms with E-state index in [-0.39, 0.29) is 25.1 Å². The molecule has 1 saturated carbocycles. The number of nitrogens with two attached hydrogens (primary N) is 2. The minimum atomic E-state index is -0.897. The summed E-state index contributed by atoms with van der Waals surface area (Å²) in [4.78, 5) is 19.6. The third kappa shape index (κ3) is 7.45. The number of carboxylic acids is 1. The molecule has 0 spiro atoms. The van der Waals surface area contributed by atoms with E-state index in [0.29, 0.717) is 30.8 Å². The lowest BCUT2D eigenvalue weighted by molar-refractivity contribution is -0.137. The predicted molar refractivity (Wildman–Crippen MR) is 147 cm³/mol. The van der Waals surface area contributed by atoms with Crippen LogP contribution >= 0.6 is 22.9 Å². The van der Waals surface area contributed by atoms with E-state index >= 15 is 0 Å². The van der Waals surface area contributed by atoms with Crippen LogP contribution in [0.4, 0.5) is 0 Å². The largest absolute Gasteiger partial charge is 0.481 e. The van der Waals surface area contributed by atoms with Crippen molar-refractivity contribution in [3.05, 3.63) is 62.3 Å². The number of nitrogens with zero attached hydrogens (tertiary/aromatic N) is 3. The fraction of sp³-hybridized carbons (Fsp3) is 0.556. The van der Waals surface area contributed by atoms with Crippen LogP contribution in [0.5, 0.6) is 0 Å². The summed E-state index contributed by atoms with van der Waals surface area (Å²) in [5.41, 5.74) is 9.30. The predicted octanol–water partition coefficient (Wildman–Crippen LogP) is 4.20. The Hall–Kier alpha value is -2.17. The SMILES string of the molecule is Cc1nc(C2CCC(N3CC(/C(N)=C/N(N)CCC(=O)O)OCC3Cc3ccc(Cl)cc3)CC2)sc1C. The standard InChI is InChI=1S/C27H38ClN5O3S/c1-17-18(2)37-27(31-17)20-5-9-22(10-6-20)33-15-25(24(29)14-32(30)12-11-26(34)35)36-16-23(33)13-19-3-7-21(28)8-4-19/h3-4,7-8,14,20,22-23,25H,5-6,9-13,15-16,29-30H2,1-2H3,(H,34,35)/b24-14-. The van der Waals surface area contributed by atoms with Gasteiger partial charge in [-0.2, -0.15) is 0 Å². The molecule has 1 saturated heterocycles. The zero-order chi connectivity index (χ0) is 26.5. The number of morpholine rings is 1. The van der Waals surface area contributed by atoms with Crippen molar-refractivity contribution in [2.45, 2.75) is 76.5 Å². The molecule has 2 fully saturated rings. The van der Waals surface area contributed by atoms with Crippen molar-refractivity contribution >= 4 is 28.9 Å². The van der Waals surface area contributed by atoms with Crippen molar-refractivity contribution in [3.63, 3.8) is 0 Å². The highest BCUT2D eigenvalue weighted by atomic mass is 35.5. The van der Waals surface area contributed by atoms with E-state index in [4.69, 9.17) is 38.0 Å². The fourth-order valence-corrected chi connectivity index (χ4v) is 6.54. The summed E-state index contributed by atoms with van der Waals surface area (Å²) in [7, 11) is 0. The molecule has 2 heterocycles. The Balaban J connectivity index is 1.45. The highest BCUT2D eigenvalue weighted by Gasteiger charge is 2.37. The third-order valence-electron chi connectivity index (χ3n) is 7.55. The van der Waals surface area contributed by atoms with E-state index in [0.717, 1.165) is 42.8 Å².